The number of halogens is 2. The highest BCUT2D eigenvalue weighted by atomic mass is 19.2. The van der Waals surface area contributed by atoms with Gasteiger partial charge in [-0.3, -0.25) is 14.5 Å². The van der Waals surface area contributed by atoms with Crippen LogP contribution >= 0.6 is 0 Å². The second-order valence-corrected chi connectivity index (χ2v) is 5.89. The van der Waals surface area contributed by atoms with Crippen LogP contribution in [0.4, 0.5) is 14.5 Å². The number of carbonyl (C=O) groups is 2. The molecular weight excluding hydrogens is 278 g/mol. The van der Waals surface area contributed by atoms with Crippen LogP contribution in [0.25, 0.3) is 0 Å². The van der Waals surface area contributed by atoms with Gasteiger partial charge in [0.2, 0.25) is 5.91 Å². The van der Waals surface area contributed by atoms with Gasteiger partial charge in [0.1, 0.15) is 11.6 Å². The lowest BCUT2D eigenvalue weighted by atomic mass is 9.89. The summed E-state index contributed by atoms with van der Waals surface area (Å²) >= 11 is 0. The molecule has 1 saturated carbocycles. The molecule has 2 unspecified atom stereocenters. The smallest absolute Gasteiger partial charge is 0.253 e. The molecule has 2 aliphatic rings. The lowest BCUT2D eigenvalue weighted by Crippen LogP contribution is -2.70. The summed E-state index contributed by atoms with van der Waals surface area (Å²) in [7, 11) is 0. The standard InChI is InChI=1S/C15H16F2N2O2/c1-8-13(20)18-15(2,9-6-7-9)14(21)19(8)11-5-3-4-10(16)12(11)17/h3-5,8-9H,6-7H2,1-2H3,(H,18,20). The minimum Gasteiger partial charge on any atom is -0.340 e. The minimum atomic E-state index is -1.11. The summed E-state index contributed by atoms with van der Waals surface area (Å²) in [5, 5.41) is 2.74. The van der Waals surface area contributed by atoms with Crippen LogP contribution < -0.4 is 10.2 Å². The van der Waals surface area contributed by atoms with Crippen LogP contribution in [0.5, 0.6) is 0 Å². The van der Waals surface area contributed by atoms with E-state index in [2.05, 4.69) is 5.32 Å². The third-order valence-corrected chi connectivity index (χ3v) is 4.40. The third kappa shape index (κ3) is 2.01. The van der Waals surface area contributed by atoms with Crippen molar-refractivity contribution in [2.75, 3.05) is 4.90 Å². The molecule has 0 radical (unpaired) electrons. The summed E-state index contributed by atoms with van der Waals surface area (Å²) in [6.07, 6.45) is 1.69. The Bertz CT molecular complexity index is 630. The number of rotatable bonds is 2. The Kier molecular flexibility index (Phi) is 3.00. The van der Waals surface area contributed by atoms with E-state index >= 15 is 0 Å². The van der Waals surface area contributed by atoms with Gasteiger partial charge in [0.25, 0.3) is 5.91 Å². The van der Waals surface area contributed by atoms with E-state index in [1.807, 2.05) is 0 Å². The average Bonchev–Trinajstić information content (AvgIpc) is 3.26. The van der Waals surface area contributed by atoms with E-state index in [1.165, 1.54) is 19.1 Å². The van der Waals surface area contributed by atoms with Crippen molar-refractivity contribution >= 4 is 17.5 Å². The zero-order valence-electron chi connectivity index (χ0n) is 11.8. The average molecular weight is 294 g/mol. The highest BCUT2D eigenvalue weighted by Gasteiger charge is 2.55. The maximum atomic E-state index is 14.0. The van der Waals surface area contributed by atoms with Crippen LogP contribution in [0, 0.1) is 17.6 Å². The largest absolute Gasteiger partial charge is 0.340 e. The molecule has 21 heavy (non-hydrogen) atoms. The van der Waals surface area contributed by atoms with Crippen LogP contribution in [-0.4, -0.2) is 23.4 Å². The normalized spacial score (nSPS) is 29.5. The van der Waals surface area contributed by atoms with Crippen LogP contribution in [-0.2, 0) is 9.59 Å². The molecule has 1 aliphatic carbocycles. The van der Waals surface area contributed by atoms with Crippen LogP contribution in [0.15, 0.2) is 18.2 Å². The maximum Gasteiger partial charge on any atom is 0.253 e. The number of carbonyl (C=O) groups excluding carboxylic acids is 2. The molecule has 1 heterocycles. The van der Waals surface area contributed by atoms with Crippen molar-refractivity contribution in [3.63, 3.8) is 0 Å². The Morgan fingerprint density at radius 2 is 1.95 bits per heavy atom. The molecule has 0 bridgehead atoms. The predicted molar refractivity (Wildman–Crippen MR) is 72.6 cm³/mol. The molecule has 1 aliphatic heterocycles. The number of nitrogens with one attached hydrogen (secondary N) is 1. The molecule has 1 saturated heterocycles. The van der Waals surface area contributed by atoms with Crippen molar-refractivity contribution in [1.29, 1.82) is 0 Å². The first kappa shape index (κ1) is 14.0. The Labute approximate surface area is 121 Å². The number of piperazine rings is 1. The lowest BCUT2D eigenvalue weighted by molar-refractivity contribution is -0.138. The summed E-state index contributed by atoms with van der Waals surface area (Å²) in [5.41, 5.74) is -1.23. The molecular formula is C15H16F2N2O2. The maximum absolute atomic E-state index is 14.0. The van der Waals surface area contributed by atoms with Gasteiger partial charge in [0.05, 0.1) is 5.69 Å². The lowest BCUT2D eigenvalue weighted by Gasteiger charge is -2.43. The summed E-state index contributed by atoms with van der Waals surface area (Å²) in [4.78, 5) is 26.0. The highest BCUT2D eigenvalue weighted by molar-refractivity contribution is 6.10. The first-order chi connectivity index (χ1) is 9.86. The molecule has 2 fully saturated rings. The van der Waals surface area contributed by atoms with Crippen molar-refractivity contribution in [3.05, 3.63) is 29.8 Å². The van der Waals surface area contributed by atoms with E-state index < -0.39 is 23.2 Å². The molecule has 1 aromatic carbocycles. The number of nitrogens with zero attached hydrogens (tertiary/aromatic N) is 1. The van der Waals surface area contributed by atoms with Gasteiger partial charge in [-0.05, 0) is 44.7 Å². The Balaban J connectivity index is 2.08. The number of benzene rings is 1. The van der Waals surface area contributed by atoms with Gasteiger partial charge in [-0.2, -0.15) is 0 Å². The van der Waals surface area contributed by atoms with Gasteiger partial charge < -0.3 is 5.32 Å². The number of hydrogen-bond donors (Lipinski definition) is 1. The Morgan fingerprint density at radius 1 is 1.29 bits per heavy atom. The summed E-state index contributed by atoms with van der Waals surface area (Å²) in [5.74, 6) is -2.83. The topological polar surface area (TPSA) is 49.4 Å². The Hall–Kier alpha value is -1.98. The molecule has 4 nitrogen and oxygen atoms in total. The van der Waals surface area contributed by atoms with Gasteiger partial charge >= 0.3 is 0 Å². The molecule has 1 N–H and O–H groups in total. The summed E-state index contributed by atoms with van der Waals surface area (Å²) in [6, 6.07) is 2.76. The zero-order valence-corrected chi connectivity index (χ0v) is 11.8. The van der Waals surface area contributed by atoms with Crippen LogP contribution in [0.3, 0.4) is 0 Å². The highest BCUT2D eigenvalue weighted by Crippen LogP contribution is 2.43. The fourth-order valence-corrected chi connectivity index (χ4v) is 2.89. The number of amides is 2. The van der Waals surface area contributed by atoms with Gasteiger partial charge in [-0.25, -0.2) is 8.78 Å². The van der Waals surface area contributed by atoms with E-state index in [1.54, 1.807) is 6.92 Å². The van der Waals surface area contributed by atoms with Gasteiger partial charge in [-0.15, -0.1) is 0 Å². The fourth-order valence-electron chi connectivity index (χ4n) is 2.89. The first-order valence-corrected chi connectivity index (χ1v) is 6.96. The first-order valence-electron chi connectivity index (χ1n) is 6.96. The van der Waals surface area contributed by atoms with E-state index in [-0.39, 0.29) is 23.4 Å². The fraction of sp³-hybridized carbons (Fsp3) is 0.467. The predicted octanol–water partition coefficient (Wildman–Crippen LogP) is 1.98. The van der Waals surface area contributed by atoms with Crippen molar-refractivity contribution in [2.45, 2.75) is 38.3 Å². The molecule has 0 spiro atoms. The molecule has 0 aromatic heterocycles. The monoisotopic (exact) mass is 294 g/mol. The number of anilines is 1. The second kappa shape index (κ2) is 4.51. The van der Waals surface area contributed by atoms with E-state index in [0.29, 0.717) is 0 Å². The molecule has 2 atom stereocenters. The summed E-state index contributed by atoms with van der Waals surface area (Å²) < 4.78 is 27.5. The van der Waals surface area contributed by atoms with Gasteiger partial charge in [0, 0.05) is 0 Å². The molecule has 6 heteroatoms. The van der Waals surface area contributed by atoms with E-state index in [9.17, 15) is 18.4 Å². The molecule has 3 rings (SSSR count). The van der Waals surface area contributed by atoms with Crippen molar-refractivity contribution in [3.8, 4) is 0 Å². The van der Waals surface area contributed by atoms with Gasteiger partial charge in [-0.1, -0.05) is 6.07 Å². The van der Waals surface area contributed by atoms with Crippen molar-refractivity contribution in [1.82, 2.24) is 5.32 Å². The van der Waals surface area contributed by atoms with Crippen molar-refractivity contribution in [2.24, 2.45) is 5.92 Å². The molecule has 2 amide bonds. The minimum absolute atomic E-state index is 0.0561. The quantitative estimate of drug-likeness (QED) is 0.907. The second-order valence-electron chi connectivity index (χ2n) is 5.89. The molecule has 112 valence electrons. The van der Waals surface area contributed by atoms with Gasteiger partial charge in [0.15, 0.2) is 11.6 Å². The van der Waals surface area contributed by atoms with Crippen molar-refractivity contribution < 1.29 is 18.4 Å². The molecule has 1 aromatic rings. The van der Waals surface area contributed by atoms with Crippen LogP contribution in [0.2, 0.25) is 0 Å². The summed E-state index contributed by atoms with van der Waals surface area (Å²) in [6.45, 7) is 3.16. The SMILES string of the molecule is CC1C(=O)NC(C)(C2CC2)C(=O)N1c1cccc(F)c1F. The Morgan fingerprint density at radius 3 is 2.57 bits per heavy atom. The van der Waals surface area contributed by atoms with E-state index in [0.717, 1.165) is 23.8 Å². The third-order valence-electron chi connectivity index (χ3n) is 4.40. The van der Waals surface area contributed by atoms with E-state index in [4.69, 9.17) is 0 Å². The zero-order chi connectivity index (χ0) is 15.4. The van der Waals surface area contributed by atoms with Crippen LogP contribution in [0.1, 0.15) is 26.7 Å². The number of hydrogen-bond acceptors (Lipinski definition) is 2.